The molecular weight excluding hydrogens is 331 g/mol. The minimum atomic E-state index is -0.617. The Morgan fingerprint density at radius 2 is 1.96 bits per heavy atom. The first-order chi connectivity index (χ1) is 11.3. The van der Waals surface area contributed by atoms with Crippen LogP contribution in [0.2, 0.25) is 0 Å². The molecule has 1 heterocycles. The lowest BCUT2D eigenvalue weighted by Crippen LogP contribution is -2.44. The molecule has 1 atom stereocenters. The Labute approximate surface area is 144 Å². The smallest absolute Gasteiger partial charge is 0.408 e. The van der Waals surface area contributed by atoms with Crippen LogP contribution in [0.1, 0.15) is 32.4 Å². The van der Waals surface area contributed by atoms with Crippen molar-refractivity contribution in [3.8, 4) is 0 Å². The first-order valence-electron chi connectivity index (χ1n) is 7.37. The largest absolute Gasteiger partial charge is 0.444 e. The van der Waals surface area contributed by atoms with Crippen molar-refractivity contribution in [3.05, 3.63) is 47.5 Å². The Morgan fingerprint density at radius 3 is 2.46 bits per heavy atom. The fourth-order valence-electron chi connectivity index (χ4n) is 1.99. The van der Waals surface area contributed by atoms with Crippen molar-refractivity contribution >= 4 is 23.0 Å². The van der Waals surface area contributed by atoms with Gasteiger partial charge in [0.25, 0.3) is 0 Å². The van der Waals surface area contributed by atoms with E-state index in [4.69, 9.17) is 4.74 Å². The maximum absolute atomic E-state index is 13.2. The normalized spacial score (nSPS) is 15.4. The lowest BCUT2D eigenvalue weighted by Gasteiger charge is -2.27. The third-order valence-electron chi connectivity index (χ3n) is 3.00. The predicted octanol–water partition coefficient (Wildman–Crippen LogP) is 3.06. The first-order valence-corrected chi connectivity index (χ1v) is 8.60. The third kappa shape index (κ3) is 5.16. The van der Waals surface area contributed by atoms with Crippen LogP contribution >= 0.6 is 11.8 Å². The zero-order valence-electron chi connectivity index (χ0n) is 14.0. The molecule has 1 aromatic carbocycles. The Balaban J connectivity index is 2.25. The predicted molar refractivity (Wildman–Crippen MR) is 93.8 cm³/mol. The highest BCUT2D eigenvalue weighted by Crippen LogP contribution is 2.22. The summed E-state index contributed by atoms with van der Waals surface area (Å²) in [5.74, 6) is -0.346. The second-order valence-corrected chi connectivity index (χ2v) is 6.90. The van der Waals surface area contributed by atoms with Gasteiger partial charge in [-0.1, -0.05) is 23.9 Å². The van der Waals surface area contributed by atoms with E-state index in [9.17, 15) is 9.18 Å². The van der Waals surface area contributed by atoms with E-state index in [2.05, 4.69) is 21.2 Å². The summed E-state index contributed by atoms with van der Waals surface area (Å²) in [6.45, 7) is 5.36. The molecule has 1 aromatic rings. The number of hydrogen-bond acceptors (Lipinski definition) is 6. The molecule has 0 radical (unpaired) electrons. The number of benzene rings is 1. The number of thioether (sulfide) groups is 1. The maximum atomic E-state index is 13.2. The van der Waals surface area contributed by atoms with E-state index in [1.165, 1.54) is 23.9 Å². The second-order valence-electron chi connectivity index (χ2n) is 6.10. The average Bonchev–Trinajstić information content (AvgIpc) is 2.52. The molecule has 1 aliphatic heterocycles. The summed E-state index contributed by atoms with van der Waals surface area (Å²) >= 11 is 1.45. The molecule has 0 aliphatic carbocycles. The average molecular weight is 352 g/mol. The topological polar surface area (TPSA) is 74.8 Å². The van der Waals surface area contributed by atoms with E-state index in [1.54, 1.807) is 39.1 Å². The zero-order chi connectivity index (χ0) is 17.7. The van der Waals surface area contributed by atoms with E-state index in [0.717, 1.165) is 0 Å². The number of nitrogens with zero attached hydrogens (tertiary/aromatic N) is 1. The molecule has 24 heavy (non-hydrogen) atoms. The molecule has 0 fully saturated rings. The summed E-state index contributed by atoms with van der Waals surface area (Å²) in [6, 6.07) is 5.33. The van der Waals surface area contributed by atoms with Gasteiger partial charge in [0.1, 0.15) is 17.5 Å². The number of hydrazine groups is 1. The van der Waals surface area contributed by atoms with E-state index in [-0.39, 0.29) is 5.82 Å². The molecule has 130 valence electrons. The summed E-state index contributed by atoms with van der Waals surface area (Å²) in [4.78, 5) is 16.4. The molecule has 0 bridgehead atoms. The first kappa shape index (κ1) is 18.1. The molecule has 1 aliphatic rings. The number of aliphatic imine (C=N–C) groups is 1. The number of hydrogen-bond donors (Lipinski definition) is 3. The molecular formula is C16H21FN4O2S. The van der Waals surface area contributed by atoms with Crippen molar-refractivity contribution in [2.45, 2.75) is 32.4 Å². The second kappa shape index (κ2) is 7.57. The summed E-state index contributed by atoms with van der Waals surface area (Å²) in [6.07, 6.45) is 2.94. The highest BCUT2D eigenvalue weighted by Gasteiger charge is 2.24. The highest BCUT2D eigenvalue weighted by molar-refractivity contribution is 8.13. The third-order valence-corrected chi connectivity index (χ3v) is 3.60. The van der Waals surface area contributed by atoms with Gasteiger partial charge in [-0.2, -0.15) is 0 Å². The van der Waals surface area contributed by atoms with E-state index in [0.29, 0.717) is 16.4 Å². The van der Waals surface area contributed by atoms with E-state index in [1.807, 2.05) is 6.26 Å². The van der Waals surface area contributed by atoms with Crippen molar-refractivity contribution in [1.29, 1.82) is 0 Å². The van der Waals surface area contributed by atoms with Crippen LogP contribution in [-0.2, 0) is 4.74 Å². The molecule has 0 saturated carbocycles. The van der Waals surface area contributed by atoms with Crippen LogP contribution < -0.4 is 16.2 Å². The number of ether oxygens (including phenoxy) is 1. The van der Waals surface area contributed by atoms with Crippen LogP contribution in [0.25, 0.3) is 0 Å². The Morgan fingerprint density at radius 1 is 1.29 bits per heavy atom. The summed E-state index contributed by atoms with van der Waals surface area (Å²) in [7, 11) is 0. The van der Waals surface area contributed by atoms with Gasteiger partial charge < -0.3 is 10.1 Å². The van der Waals surface area contributed by atoms with E-state index >= 15 is 0 Å². The lowest BCUT2D eigenvalue weighted by atomic mass is 10.0. The fourth-order valence-corrected chi connectivity index (χ4v) is 2.30. The van der Waals surface area contributed by atoms with Crippen molar-refractivity contribution in [2.24, 2.45) is 4.99 Å². The summed E-state index contributed by atoms with van der Waals surface area (Å²) in [5.41, 5.74) is 6.63. The molecule has 2 rings (SSSR count). The number of halogens is 1. The van der Waals surface area contributed by atoms with Crippen LogP contribution in [0.4, 0.5) is 9.18 Å². The van der Waals surface area contributed by atoms with Crippen molar-refractivity contribution in [3.63, 3.8) is 0 Å². The Kier molecular flexibility index (Phi) is 5.71. The van der Waals surface area contributed by atoms with Gasteiger partial charge in [0.05, 0.1) is 11.9 Å². The molecule has 1 unspecified atom stereocenters. The molecule has 0 aromatic heterocycles. The van der Waals surface area contributed by atoms with Crippen LogP contribution in [0, 0.1) is 5.82 Å². The standard InChI is InChI=1S/C16H21FN4O2S/c1-16(2,3)23-15(22)19-13(10-5-7-11(17)8-6-10)12-9-18-14(24-4)21-20-12/h5-9,13,20H,1-4H3,(H,18,21)(H,19,22). The number of carbonyl (C=O) groups is 1. The van der Waals surface area contributed by atoms with Crippen LogP contribution in [0.3, 0.4) is 0 Å². The van der Waals surface area contributed by atoms with Gasteiger partial charge in [0.2, 0.25) is 0 Å². The van der Waals surface area contributed by atoms with Crippen molar-refractivity contribution in [2.75, 3.05) is 6.26 Å². The SMILES string of the molecule is CSC1=NC=C(C(NC(=O)OC(C)(C)C)c2ccc(F)cc2)NN1. The van der Waals surface area contributed by atoms with Gasteiger partial charge in [-0.3, -0.25) is 10.9 Å². The number of nitrogens with one attached hydrogen (secondary N) is 3. The minimum Gasteiger partial charge on any atom is -0.444 e. The molecule has 0 spiro atoms. The number of amidine groups is 1. The van der Waals surface area contributed by atoms with Gasteiger partial charge in [0.15, 0.2) is 5.17 Å². The van der Waals surface area contributed by atoms with Crippen molar-refractivity contribution in [1.82, 2.24) is 16.2 Å². The molecule has 1 amide bonds. The van der Waals surface area contributed by atoms with Crippen LogP contribution in [0.5, 0.6) is 0 Å². The van der Waals surface area contributed by atoms with Gasteiger partial charge in [-0.25, -0.2) is 14.2 Å². The highest BCUT2D eigenvalue weighted by atomic mass is 32.2. The zero-order valence-corrected chi connectivity index (χ0v) is 14.8. The van der Waals surface area contributed by atoms with Gasteiger partial charge in [0, 0.05) is 0 Å². The minimum absolute atomic E-state index is 0.346. The summed E-state index contributed by atoms with van der Waals surface area (Å²) < 4.78 is 18.5. The van der Waals surface area contributed by atoms with E-state index < -0.39 is 17.7 Å². The molecule has 6 nitrogen and oxygen atoms in total. The van der Waals surface area contributed by atoms with Gasteiger partial charge >= 0.3 is 6.09 Å². The Bertz CT molecular complexity index is 653. The van der Waals surface area contributed by atoms with Crippen LogP contribution in [0.15, 0.2) is 41.2 Å². The molecule has 0 saturated heterocycles. The number of amides is 1. The molecule has 3 N–H and O–H groups in total. The maximum Gasteiger partial charge on any atom is 0.408 e. The number of carbonyl (C=O) groups excluding carboxylic acids is 1. The molecule has 8 heteroatoms. The Hall–Kier alpha value is -2.22. The number of alkyl carbamates (subject to hydrolysis) is 1. The number of rotatable bonds is 3. The van der Waals surface area contributed by atoms with Gasteiger partial charge in [-0.15, -0.1) is 0 Å². The monoisotopic (exact) mass is 352 g/mol. The van der Waals surface area contributed by atoms with Crippen molar-refractivity contribution < 1.29 is 13.9 Å². The van der Waals surface area contributed by atoms with Crippen LogP contribution in [-0.4, -0.2) is 23.1 Å². The fraction of sp³-hybridized carbons (Fsp3) is 0.375. The summed E-state index contributed by atoms with van der Waals surface area (Å²) in [5, 5.41) is 3.48. The van der Waals surface area contributed by atoms with Gasteiger partial charge in [-0.05, 0) is 44.7 Å². The lowest BCUT2D eigenvalue weighted by molar-refractivity contribution is 0.0509. The quantitative estimate of drug-likeness (QED) is 0.780.